The van der Waals surface area contributed by atoms with Crippen molar-refractivity contribution in [3.8, 4) is 17.5 Å². The van der Waals surface area contributed by atoms with Gasteiger partial charge in [0.25, 0.3) is 0 Å². The second kappa shape index (κ2) is 6.68. The lowest BCUT2D eigenvalue weighted by Crippen LogP contribution is -2.19. The van der Waals surface area contributed by atoms with Crippen molar-refractivity contribution < 1.29 is 4.79 Å². The van der Waals surface area contributed by atoms with Crippen molar-refractivity contribution in [1.82, 2.24) is 25.2 Å². The molecule has 2 aromatic heterocycles. The number of tetrazole rings is 1. The van der Waals surface area contributed by atoms with Gasteiger partial charge in [-0.2, -0.15) is 10.1 Å². The number of benzene rings is 1. The maximum Gasteiger partial charge on any atom is 0.204 e. The SMILES string of the molecule is Cc1ccc(-c2nnn(CC(=O)C(C#N)c3nc(C)cs3)n2)cc1. The van der Waals surface area contributed by atoms with E-state index in [-0.39, 0.29) is 12.3 Å². The number of hydrogen-bond acceptors (Lipinski definition) is 7. The van der Waals surface area contributed by atoms with Gasteiger partial charge >= 0.3 is 0 Å². The number of carbonyl (C=O) groups excluding carboxylic acids is 1. The summed E-state index contributed by atoms with van der Waals surface area (Å²) in [4.78, 5) is 17.8. The number of nitrogens with zero attached hydrogens (tertiary/aromatic N) is 6. The minimum absolute atomic E-state index is 0.115. The highest BCUT2D eigenvalue weighted by molar-refractivity contribution is 7.09. The van der Waals surface area contributed by atoms with Crippen LogP contribution in [0.3, 0.4) is 0 Å². The van der Waals surface area contributed by atoms with Gasteiger partial charge in [-0.15, -0.1) is 21.5 Å². The summed E-state index contributed by atoms with van der Waals surface area (Å²) < 4.78 is 0. The first-order chi connectivity index (χ1) is 11.6. The number of Topliss-reactive ketones (excluding diaryl/α,β-unsaturated/α-hetero) is 1. The third-order valence-electron chi connectivity index (χ3n) is 3.39. The zero-order chi connectivity index (χ0) is 17.1. The highest BCUT2D eigenvalue weighted by Gasteiger charge is 2.24. The molecule has 0 spiro atoms. The van der Waals surface area contributed by atoms with Crippen LogP contribution in [0.5, 0.6) is 0 Å². The van der Waals surface area contributed by atoms with Gasteiger partial charge in [-0.3, -0.25) is 4.79 Å². The molecular formula is C16H14N6OS. The van der Waals surface area contributed by atoms with Crippen LogP contribution in [-0.4, -0.2) is 31.0 Å². The van der Waals surface area contributed by atoms with Crippen molar-refractivity contribution in [1.29, 1.82) is 5.26 Å². The molecule has 7 nitrogen and oxygen atoms in total. The van der Waals surface area contributed by atoms with Crippen LogP contribution in [0.2, 0.25) is 0 Å². The van der Waals surface area contributed by atoms with Gasteiger partial charge in [0.2, 0.25) is 5.82 Å². The minimum atomic E-state index is -0.905. The molecule has 0 fully saturated rings. The molecule has 1 aromatic carbocycles. The first kappa shape index (κ1) is 16.0. The highest BCUT2D eigenvalue weighted by Crippen LogP contribution is 2.21. The molecule has 0 N–H and O–H groups in total. The van der Waals surface area contributed by atoms with Crippen molar-refractivity contribution in [2.75, 3.05) is 0 Å². The summed E-state index contributed by atoms with van der Waals surface area (Å²) in [6.07, 6.45) is 0. The molecule has 1 atom stereocenters. The fraction of sp³-hybridized carbons (Fsp3) is 0.250. The summed E-state index contributed by atoms with van der Waals surface area (Å²) >= 11 is 1.30. The number of rotatable bonds is 5. The van der Waals surface area contributed by atoms with Crippen LogP contribution in [0.25, 0.3) is 11.4 Å². The lowest BCUT2D eigenvalue weighted by atomic mass is 10.1. The van der Waals surface area contributed by atoms with Crippen LogP contribution >= 0.6 is 11.3 Å². The van der Waals surface area contributed by atoms with Crippen molar-refractivity contribution >= 4 is 17.1 Å². The van der Waals surface area contributed by atoms with E-state index in [4.69, 9.17) is 0 Å². The van der Waals surface area contributed by atoms with Gasteiger partial charge in [0, 0.05) is 16.6 Å². The number of nitriles is 1. The van der Waals surface area contributed by atoms with Crippen LogP contribution in [0.4, 0.5) is 0 Å². The van der Waals surface area contributed by atoms with Gasteiger partial charge in [0.15, 0.2) is 11.7 Å². The number of aryl methyl sites for hydroxylation is 2. The van der Waals surface area contributed by atoms with Crippen LogP contribution in [-0.2, 0) is 11.3 Å². The maximum absolute atomic E-state index is 12.4. The number of thiazole rings is 1. The Morgan fingerprint density at radius 2 is 2.08 bits per heavy atom. The summed E-state index contributed by atoms with van der Waals surface area (Å²) in [5.41, 5.74) is 2.76. The smallest absolute Gasteiger partial charge is 0.204 e. The lowest BCUT2D eigenvalue weighted by Gasteiger charge is -2.03. The molecule has 0 aliphatic carbocycles. The van der Waals surface area contributed by atoms with Crippen LogP contribution in [0.1, 0.15) is 22.2 Å². The van der Waals surface area contributed by atoms with E-state index in [1.54, 1.807) is 0 Å². The first-order valence-electron chi connectivity index (χ1n) is 7.26. The predicted molar refractivity (Wildman–Crippen MR) is 88.2 cm³/mol. The number of ketones is 1. The van der Waals surface area contributed by atoms with Gasteiger partial charge in [-0.25, -0.2) is 4.98 Å². The van der Waals surface area contributed by atoms with Gasteiger partial charge in [0.1, 0.15) is 11.6 Å². The summed E-state index contributed by atoms with van der Waals surface area (Å²) in [5.74, 6) is -0.765. The zero-order valence-corrected chi connectivity index (χ0v) is 14.0. The minimum Gasteiger partial charge on any atom is -0.296 e. The molecule has 3 rings (SSSR count). The van der Waals surface area contributed by atoms with Crippen molar-refractivity contribution in [3.05, 3.63) is 45.9 Å². The fourth-order valence-electron chi connectivity index (χ4n) is 2.13. The molecule has 1 unspecified atom stereocenters. The monoisotopic (exact) mass is 338 g/mol. The summed E-state index contributed by atoms with van der Waals surface area (Å²) in [5, 5.41) is 23.7. The van der Waals surface area contributed by atoms with Crippen LogP contribution in [0, 0.1) is 25.2 Å². The average molecular weight is 338 g/mol. The molecule has 0 saturated heterocycles. The van der Waals surface area contributed by atoms with Gasteiger partial charge in [0.05, 0.1) is 6.07 Å². The van der Waals surface area contributed by atoms with E-state index >= 15 is 0 Å². The molecule has 0 aliphatic rings. The fourth-order valence-corrected chi connectivity index (χ4v) is 2.99. The van der Waals surface area contributed by atoms with E-state index in [1.165, 1.54) is 16.1 Å². The normalized spacial score (nSPS) is 11.9. The van der Waals surface area contributed by atoms with E-state index in [9.17, 15) is 10.1 Å². The van der Waals surface area contributed by atoms with Crippen LogP contribution < -0.4 is 0 Å². The van der Waals surface area contributed by atoms with Gasteiger partial charge in [-0.05, 0) is 19.1 Å². The molecule has 0 bridgehead atoms. The molecule has 2 heterocycles. The Morgan fingerprint density at radius 3 is 2.71 bits per heavy atom. The molecule has 0 saturated carbocycles. The number of hydrogen-bond donors (Lipinski definition) is 0. The van der Waals surface area contributed by atoms with E-state index in [0.29, 0.717) is 10.8 Å². The largest absolute Gasteiger partial charge is 0.296 e. The summed E-state index contributed by atoms with van der Waals surface area (Å²) in [7, 11) is 0. The average Bonchev–Trinajstić information content (AvgIpc) is 3.18. The standard InChI is InChI=1S/C16H14N6OS/c1-10-3-5-12(6-4-10)15-19-21-22(20-15)8-14(23)13(7-17)16-18-11(2)9-24-16/h3-6,9,13H,8H2,1-2H3. The van der Waals surface area contributed by atoms with E-state index in [1.807, 2.05) is 49.6 Å². The lowest BCUT2D eigenvalue weighted by molar-refractivity contribution is -0.120. The van der Waals surface area contributed by atoms with E-state index in [0.717, 1.165) is 16.8 Å². The molecule has 8 heteroatoms. The summed E-state index contributed by atoms with van der Waals surface area (Å²) in [6.45, 7) is 3.70. The molecule has 0 radical (unpaired) electrons. The quantitative estimate of drug-likeness (QED) is 0.708. The molecule has 120 valence electrons. The molecule has 3 aromatic rings. The molecule has 0 aliphatic heterocycles. The van der Waals surface area contributed by atoms with Crippen molar-refractivity contribution in [3.63, 3.8) is 0 Å². The Morgan fingerprint density at radius 1 is 1.33 bits per heavy atom. The van der Waals surface area contributed by atoms with Crippen molar-refractivity contribution in [2.24, 2.45) is 0 Å². The Hall–Kier alpha value is -2.92. The van der Waals surface area contributed by atoms with Gasteiger partial charge < -0.3 is 0 Å². The van der Waals surface area contributed by atoms with Gasteiger partial charge in [-0.1, -0.05) is 29.8 Å². The Balaban J connectivity index is 1.75. The Labute approximate surface area is 142 Å². The Kier molecular flexibility index (Phi) is 4.44. The number of carbonyl (C=O) groups is 1. The first-order valence-corrected chi connectivity index (χ1v) is 8.14. The third-order valence-corrected chi connectivity index (χ3v) is 4.42. The van der Waals surface area contributed by atoms with E-state index < -0.39 is 5.92 Å². The topological polar surface area (TPSA) is 97.3 Å². The predicted octanol–water partition coefficient (Wildman–Crippen LogP) is 2.29. The van der Waals surface area contributed by atoms with E-state index in [2.05, 4.69) is 20.4 Å². The second-order valence-electron chi connectivity index (χ2n) is 5.37. The van der Waals surface area contributed by atoms with Crippen molar-refractivity contribution in [2.45, 2.75) is 26.3 Å². The second-order valence-corrected chi connectivity index (χ2v) is 6.25. The summed E-state index contributed by atoms with van der Waals surface area (Å²) in [6, 6.07) is 9.71. The Bertz CT molecular complexity index is 905. The molecule has 24 heavy (non-hydrogen) atoms. The third kappa shape index (κ3) is 3.36. The van der Waals surface area contributed by atoms with Crippen LogP contribution in [0.15, 0.2) is 29.6 Å². The molecular weight excluding hydrogens is 324 g/mol. The zero-order valence-electron chi connectivity index (χ0n) is 13.2. The molecule has 0 amide bonds. The maximum atomic E-state index is 12.4. The number of aromatic nitrogens is 5. The highest BCUT2D eigenvalue weighted by atomic mass is 32.1.